The van der Waals surface area contributed by atoms with Crippen molar-refractivity contribution in [3.8, 4) is 0 Å². The molecule has 0 aliphatic rings. The van der Waals surface area contributed by atoms with Crippen molar-refractivity contribution in [2.75, 3.05) is 20.1 Å². The maximum absolute atomic E-state index is 11.7. The number of nitrogens with two attached hydrogens (primary N) is 1. The monoisotopic (exact) mass is 247 g/mol. The molecular formula is C9H17N3O3S. The first-order valence-electron chi connectivity index (χ1n) is 4.98. The quantitative estimate of drug-likeness (QED) is 0.704. The fourth-order valence-electron chi connectivity index (χ4n) is 1.11. The number of hydrogen-bond donors (Lipinski definition) is 2. The summed E-state index contributed by atoms with van der Waals surface area (Å²) >= 11 is 0. The van der Waals surface area contributed by atoms with Gasteiger partial charge in [0, 0.05) is 25.7 Å². The highest BCUT2D eigenvalue weighted by Gasteiger charge is 2.16. The predicted molar refractivity (Wildman–Crippen MR) is 60.8 cm³/mol. The first-order valence-corrected chi connectivity index (χ1v) is 6.42. The van der Waals surface area contributed by atoms with Crippen LogP contribution in [0.15, 0.2) is 23.0 Å². The van der Waals surface area contributed by atoms with Crippen LogP contribution in [0.1, 0.15) is 12.0 Å². The molecule has 0 unspecified atom stereocenters. The van der Waals surface area contributed by atoms with Gasteiger partial charge in [-0.3, -0.25) is 0 Å². The molecule has 0 amide bonds. The molecular weight excluding hydrogens is 230 g/mol. The molecule has 92 valence electrons. The average Bonchev–Trinajstić information content (AvgIpc) is 2.76. The summed E-state index contributed by atoms with van der Waals surface area (Å²) in [7, 11) is -1.90. The standard InChI is InChI=1S/C9H17N3O3S/c1-12(5-2-4-10)16(13,14)11-7-9-3-6-15-8-9/h3,6,8,11H,2,4-5,7,10H2,1H3. The highest BCUT2D eigenvalue weighted by atomic mass is 32.2. The Morgan fingerprint density at radius 3 is 2.88 bits per heavy atom. The summed E-state index contributed by atoms with van der Waals surface area (Å²) in [5.41, 5.74) is 6.10. The fourth-order valence-corrected chi connectivity index (χ4v) is 2.05. The first kappa shape index (κ1) is 13.2. The van der Waals surface area contributed by atoms with Gasteiger partial charge in [0.1, 0.15) is 0 Å². The third kappa shape index (κ3) is 3.93. The Morgan fingerprint density at radius 1 is 1.56 bits per heavy atom. The highest BCUT2D eigenvalue weighted by Crippen LogP contribution is 2.01. The summed E-state index contributed by atoms with van der Waals surface area (Å²) in [6.45, 7) is 1.12. The van der Waals surface area contributed by atoms with Crippen LogP contribution >= 0.6 is 0 Å². The normalized spacial score (nSPS) is 12.2. The van der Waals surface area contributed by atoms with Crippen molar-refractivity contribution >= 4 is 10.2 Å². The van der Waals surface area contributed by atoms with Gasteiger partial charge in [-0.25, -0.2) is 0 Å². The van der Waals surface area contributed by atoms with E-state index in [1.807, 2.05) is 0 Å². The zero-order chi connectivity index (χ0) is 12.0. The van der Waals surface area contributed by atoms with Crippen molar-refractivity contribution in [3.05, 3.63) is 24.2 Å². The van der Waals surface area contributed by atoms with Crippen LogP contribution < -0.4 is 10.5 Å². The molecule has 0 bridgehead atoms. The van der Waals surface area contributed by atoms with Crippen LogP contribution in [0.3, 0.4) is 0 Å². The van der Waals surface area contributed by atoms with Gasteiger partial charge in [-0.1, -0.05) is 0 Å². The van der Waals surface area contributed by atoms with E-state index in [2.05, 4.69) is 4.72 Å². The van der Waals surface area contributed by atoms with Gasteiger partial charge in [0.05, 0.1) is 12.5 Å². The van der Waals surface area contributed by atoms with Crippen molar-refractivity contribution in [2.24, 2.45) is 5.73 Å². The second kappa shape index (κ2) is 6.00. The Balaban J connectivity index is 2.45. The molecule has 0 aliphatic heterocycles. The molecule has 1 aromatic rings. The van der Waals surface area contributed by atoms with E-state index >= 15 is 0 Å². The van der Waals surface area contributed by atoms with Gasteiger partial charge in [0.25, 0.3) is 10.2 Å². The smallest absolute Gasteiger partial charge is 0.279 e. The average molecular weight is 247 g/mol. The van der Waals surface area contributed by atoms with Gasteiger partial charge in [0.2, 0.25) is 0 Å². The predicted octanol–water partition coefficient (Wildman–Crippen LogP) is -0.105. The van der Waals surface area contributed by atoms with Crippen LogP contribution in [0, 0.1) is 0 Å². The van der Waals surface area contributed by atoms with Gasteiger partial charge < -0.3 is 10.2 Å². The van der Waals surface area contributed by atoms with E-state index in [0.29, 0.717) is 19.5 Å². The lowest BCUT2D eigenvalue weighted by molar-refractivity contribution is 0.452. The van der Waals surface area contributed by atoms with Crippen molar-refractivity contribution in [1.29, 1.82) is 0 Å². The second-order valence-corrected chi connectivity index (χ2v) is 5.28. The minimum atomic E-state index is -3.42. The molecule has 0 aromatic carbocycles. The summed E-state index contributed by atoms with van der Waals surface area (Å²) in [5.74, 6) is 0. The summed E-state index contributed by atoms with van der Waals surface area (Å²) in [4.78, 5) is 0. The van der Waals surface area contributed by atoms with Crippen LogP contribution in [-0.2, 0) is 16.8 Å². The molecule has 7 heteroatoms. The van der Waals surface area contributed by atoms with Gasteiger partial charge in [-0.05, 0) is 19.0 Å². The van der Waals surface area contributed by atoms with Crippen molar-refractivity contribution in [1.82, 2.24) is 9.03 Å². The molecule has 1 heterocycles. The summed E-state index contributed by atoms with van der Waals surface area (Å²) in [5, 5.41) is 0. The third-order valence-electron chi connectivity index (χ3n) is 2.13. The summed E-state index contributed by atoms with van der Waals surface area (Å²) < 4.78 is 31.9. The van der Waals surface area contributed by atoms with E-state index < -0.39 is 10.2 Å². The fraction of sp³-hybridized carbons (Fsp3) is 0.556. The maximum Gasteiger partial charge on any atom is 0.279 e. The van der Waals surface area contributed by atoms with Gasteiger partial charge >= 0.3 is 0 Å². The maximum atomic E-state index is 11.7. The van der Waals surface area contributed by atoms with Gasteiger partial charge in [-0.2, -0.15) is 17.4 Å². The Kier molecular flexibility index (Phi) is 4.94. The van der Waals surface area contributed by atoms with E-state index in [4.69, 9.17) is 10.2 Å². The first-order chi connectivity index (χ1) is 7.56. The van der Waals surface area contributed by atoms with Gasteiger partial charge in [0.15, 0.2) is 0 Å². The number of rotatable bonds is 7. The number of nitrogens with one attached hydrogen (secondary N) is 1. The van der Waals surface area contributed by atoms with Crippen LogP contribution in [0.4, 0.5) is 0 Å². The molecule has 3 N–H and O–H groups in total. The van der Waals surface area contributed by atoms with E-state index in [-0.39, 0.29) is 6.54 Å². The lowest BCUT2D eigenvalue weighted by Gasteiger charge is -2.16. The molecule has 0 atom stereocenters. The SMILES string of the molecule is CN(CCCN)S(=O)(=O)NCc1ccoc1. The van der Waals surface area contributed by atoms with Crippen LogP contribution in [0.25, 0.3) is 0 Å². The molecule has 0 fully saturated rings. The molecule has 0 radical (unpaired) electrons. The molecule has 1 aromatic heterocycles. The molecule has 1 rings (SSSR count). The second-order valence-electron chi connectivity index (χ2n) is 3.42. The van der Waals surface area contributed by atoms with E-state index in [1.165, 1.54) is 23.9 Å². The molecule has 6 nitrogen and oxygen atoms in total. The molecule has 0 aliphatic carbocycles. The van der Waals surface area contributed by atoms with Crippen molar-refractivity contribution in [3.63, 3.8) is 0 Å². The van der Waals surface area contributed by atoms with E-state index in [9.17, 15) is 8.42 Å². The largest absolute Gasteiger partial charge is 0.472 e. The van der Waals surface area contributed by atoms with Crippen LogP contribution in [0.5, 0.6) is 0 Å². The van der Waals surface area contributed by atoms with Gasteiger partial charge in [-0.15, -0.1) is 0 Å². The Morgan fingerprint density at radius 2 is 2.31 bits per heavy atom. The number of nitrogens with zero attached hydrogens (tertiary/aromatic N) is 1. The molecule has 0 saturated carbocycles. The third-order valence-corrected chi connectivity index (χ3v) is 3.64. The van der Waals surface area contributed by atoms with Crippen LogP contribution in [0.2, 0.25) is 0 Å². The zero-order valence-corrected chi connectivity index (χ0v) is 10.0. The minimum Gasteiger partial charge on any atom is -0.472 e. The number of furan rings is 1. The van der Waals surface area contributed by atoms with Crippen molar-refractivity contribution in [2.45, 2.75) is 13.0 Å². The molecule has 16 heavy (non-hydrogen) atoms. The lowest BCUT2D eigenvalue weighted by atomic mass is 10.4. The highest BCUT2D eigenvalue weighted by molar-refractivity contribution is 7.87. The molecule has 0 saturated heterocycles. The Bertz CT molecular complexity index is 388. The van der Waals surface area contributed by atoms with E-state index in [0.717, 1.165) is 5.56 Å². The Labute approximate surface area is 95.6 Å². The summed E-state index contributed by atoms with van der Waals surface area (Å²) in [6, 6.07) is 1.71. The minimum absolute atomic E-state index is 0.228. The molecule has 0 spiro atoms. The van der Waals surface area contributed by atoms with Crippen molar-refractivity contribution < 1.29 is 12.8 Å². The van der Waals surface area contributed by atoms with Crippen LogP contribution in [-0.4, -0.2) is 32.9 Å². The van der Waals surface area contributed by atoms with E-state index in [1.54, 1.807) is 6.07 Å². The lowest BCUT2D eigenvalue weighted by Crippen LogP contribution is -2.38. The number of hydrogen-bond acceptors (Lipinski definition) is 4. The zero-order valence-electron chi connectivity index (χ0n) is 9.22. The Hall–Kier alpha value is -0.890. The topological polar surface area (TPSA) is 88.6 Å². The summed E-state index contributed by atoms with van der Waals surface area (Å²) in [6.07, 6.45) is 3.65.